The zero-order chi connectivity index (χ0) is 19.2. The molecular formula is C16H24F3N3O3S. The third-order valence-electron chi connectivity index (χ3n) is 4.08. The van der Waals surface area contributed by atoms with Crippen LogP contribution in [0.2, 0.25) is 0 Å². The molecule has 1 aromatic carbocycles. The summed E-state index contributed by atoms with van der Waals surface area (Å²) in [7, 11) is -3.21. The number of rotatable bonds is 8. The minimum atomic E-state index is -4.70. The molecule has 0 saturated carbocycles. The van der Waals surface area contributed by atoms with Crippen LogP contribution in [0.4, 0.5) is 18.9 Å². The smallest absolute Gasteiger partial charge is 0.406 e. The molecule has 148 valence electrons. The predicted molar refractivity (Wildman–Crippen MR) is 93.7 cm³/mol. The summed E-state index contributed by atoms with van der Waals surface area (Å²) in [6.07, 6.45) is -2.96. The Bertz CT molecular complexity index is 666. The van der Waals surface area contributed by atoms with Gasteiger partial charge < -0.3 is 15.0 Å². The van der Waals surface area contributed by atoms with E-state index >= 15 is 0 Å². The Labute approximate surface area is 151 Å². The highest BCUT2D eigenvalue weighted by Crippen LogP contribution is 2.23. The van der Waals surface area contributed by atoms with Crippen LogP contribution >= 0.6 is 0 Å². The summed E-state index contributed by atoms with van der Waals surface area (Å²) in [6, 6.07) is 5.48. The van der Waals surface area contributed by atoms with E-state index in [1.807, 2.05) is 0 Å². The molecule has 1 saturated heterocycles. The van der Waals surface area contributed by atoms with E-state index in [0.717, 1.165) is 19.4 Å². The van der Waals surface area contributed by atoms with Gasteiger partial charge in [-0.05, 0) is 50.6 Å². The van der Waals surface area contributed by atoms with Crippen molar-refractivity contribution in [2.45, 2.75) is 32.2 Å². The fourth-order valence-corrected chi connectivity index (χ4v) is 3.69. The van der Waals surface area contributed by atoms with Crippen LogP contribution in [0.5, 0.6) is 5.75 Å². The molecule has 0 unspecified atom stereocenters. The summed E-state index contributed by atoms with van der Waals surface area (Å²) < 4.78 is 66.2. The molecule has 10 heteroatoms. The number of likely N-dealkylation sites (tertiary alicyclic amines) is 1. The summed E-state index contributed by atoms with van der Waals surface area (Å²) >= 11 is 0. The first-order valence-electron chi connectivity index (χ1n) is 8.49. The summed E-state index contributed by atoms with van der Waals surface area (Å²) in [5.74, 6) is -0.191. The Morgan fingerprint density at radius 3 is 2.58 bits per heavy atom. The van der Waals surface area contributed by atoms with Crippen molar-refractivity contribution in [3.8, 4) is 5.75 Å². The molecule has 1 atom stereocenters. The van der Waals surface area contributed by atoms with Gasteiger partial charge >= 0.3 is 6.36 Å². The highest BCUT2D eigenvalue weighted by Gasteiger charge is 2.31. The number of sulfonamides is 1. The minimum Gasteiger partial charge on any atom is -0.406 e. The van der Waals surface area contributed by atoms with Gasteiger partial charge in [0.2, 0.25) is 10.0 Å². The van der Waals surface area contributed by atoms with Crippen molar-refractivity contribution >= 4 is 15.7 Å². The SMILES string of the molecule is CCS(=O)(=O)N[C@@H]1CCCN(CCNc2ccc(OC(F)(F)F)cc2)C1. The second kappa shape index (κ2) is 8.92. The van der Waals surface area contributed by atoms with E-state index < -0.39 is 16.4 Å². The zero-order valence-corrected chi connectivity index (χ0v) is 15.4. The van der Waals surface area contributed by atoms with Gasteiger partial charge in [-0.1, -0.05) is 0 Å². The second-order valence-corrected chi connectivity index (χ2v) is 8.20. The lowest BCUT2D eigenvalue weighted by Gasteiger charge is -2.33. The van der Waals surface area contributed by atoms with E-state index in [9.17, 15) is 21.6 Å². The van der Waals surface area contributed by atoms with Crippen LogP contribution in [0.1, 0.15) is 19.8 Å². The number of ether oxygens (including phenoxy) is 1. The van der Waals surface area contributed by atoms with Crippen LogP contribution in [-0.4, -0.2) is 57.7 Å². The zero-order valence-electron chi connectivity index (χ0n) is 14.6. The van der Waals surface area contributed by atoms with Gasteiger partial charge in [-0.2, -0.15) is 0 Å². The van der Waals surface area contributed by atoms with E-state index in [1.54, 1.807) is 6.92 Å². The van der Waals surface area contributed by atoms with E-state index in [0.29, 0.717) is 25.3 Å². The van der Waals surface area contributed by atoms with Crippen LogP contribution in [0.25, 0.3) is 0 Å². The molecule has 0 bridgehead atoms. The number of benzene rings is 1. The van der Waals surface area contributed by atoms with Crippen LogP contribution in [0.3, 0.4) is 0 Å². The highest BCUT2D eigenvalue weighted by atomic mass is 32.2. The topological polar surface area (TPSA) is 70.7 Å². The largest absolute Gasteiger partial charge is 0.573 e. The number of hydrogen-bond acceptors (Lipinski definition) is 5. The van der Waals surface area contributed by atoms with Crippen molar-refractivity contribution in [2.24, 2.45) is 0 Å². The molecule has 1 aromatic rings. The Balaban J connectivity index is 1.75. The maximum Gasteiger partial charge on any atom is 0.573 e. The van der Waals surface area contributed by atoms with Crippen molar-refractivity contribution in [1.82, 2.24) is 9.62 Å². The number of nitrogens with zero attached hydrogens (tertiary/aromatic N) is 1. The molecule has 2 rings (SSSR count). The third kappa shape index (κ3) is 7.38. The molecule has 0 radical (unpaired) electrons. The maximum absolute atomic E-state index is 12.1. The summed E-state index contributed by atoms with van der Waals surface area (Å²) in [5, 5.41) is 3.14. The first-order valence-corrected chi connectivity index (χ1v) is 10.1. The first-order chi connectivity index (χ1) is 12.2. The second-order valence-electron chi connectivity index (χ2n) is 6.16. The number of alkyl halides is 3. The lowest BCUT2D eigenvalue weighted by Crippen LogP contribution is -2.48. The standard InChI is InChI=1S/C16H24F3N3O3S/c1-2-26(23,24)21-14-4-3-10-22(12-14)11-9-20-13-5-7-15(8-6-13)25-16(17,18)19/h5-8,14,20-21H,2-4,9-12H2,1H3/t14-/m1/s1. The molecule has 0 aliphatic carbocycles. The van der Waals surface area contributed by atoms with E-state index in [2.05, 4.69) is 19.7 Å². The van der Waals surface area contributed by atoms with Gasteiger partial charge in [0.1, 0.15) is 5.75 Å². The molecule has 2 N–H and O–H groups in total. The average Bonchev–Trinajstić information content (AvgIpc) is 2.55. The van der Waals surface area contributed by atoms with Crippen LogP contribution in [-0.2, 0) is 10.0 Å². The first kappa shape index (κ1) is 20.8. The molecule has 6 nitrogen and oxygen atoms in total. The van der Waals surface area contributed by atoms with E-state index in [4.69, 9.17) is 0 Å². The van der Waals surface area contributed by atoms with E-state index in [-0.39, 0.29) is 17.5 Å². The number of halogens is 3. The van der Waals surface area contributed by atoms with E-state index in [1.165, 1.54) is 24.3 Å². The van der Waals surface area contributed by atoms with Gasteiger partial charge in [-0.3, -0.25) is 0 Å². The molecule has 1 aliphatic heterocycles. The normalized spacial score (nSPS) is 19.3. The third-order valence-corrected chi connectivity index (χ3v) is 5.53. The predicted octanol–water partition coefficient (Wildman–Crippen LogP) is 2.40. The van der Waals surface area contributed by atoms with Crippen molar-refractivity contribution in [1.29, 1.82) is 0 Å². The lowest BCUT2D eigenvalue weighted by atomic mass is 10.1. The molecule has 1 aliphatic rings. The quantitative estimate of drug-likeness (QED) is 0.707. The molecular weight excluding hydrogens is 371 g/mol. The van der Waals surface area contributed by atoms with Crippen LogP contribution in [0, 0.1) is 0 Å². The van der Waals surface area contributed by atoms with Gasteiger partial charge in [-0.15, -0.1) is 13.2 Å². The monoisotopic (exact) mass is 395 g/mol. The lowest BCUT2D eigenvalue weighted by molar-refractivity contribution is -0.274. The van der Waals surface area contributed by atoms with Gasteiger partial charge in [0.05, 0.1) is 5.75 Å². The Morgan fingerprint density at radius 1 is 1.27 bits per heavy atom. The fraction of sp³-hybridized carbons (Fsp3) is 0.625. The Hall–Kier alpha value is -1.52. The molecule has 26 heavy (non-hydrogen) atoms. The molecule has 0 amide bonds. The molecule has 1 heterocycles. The summed E-state index contributed by atoms with van der Waals surface area (Å²) in [6.45, 7) is 4.47. The minimum absolute atomic E-state index is 0.0686. The van der Waals surface area contributed by atoms with Gasteiger partial charge in [0.15, 0.2) is 0 Å². The van der Waals surface area contributed by atoms with Crippen molar-refractivity contribution in [3.63, 3.8) is 0 Å². The van der Waals surface area contributed by atoms with Crippen LogP contribution < -0.4 is 14.8 Å². The summed E-state index contributed by atoms with van der Waals surface area (Å²) in [4.78, 5) is 2.17. The molecule has 0 spiro atoms. The highest BCUT2D eigenvalue weighted by molar-refractivity contribution is 7.89. The van der Waals surface area contributed by atoms with Gasteiger partial charge in [0.25, 0.3) is 0 Å². The molecule has 0 aromatic heterocycles. The number of piperidine rings is 1. The van der Waals surface area contributed by atoms with Gasteiger partial charge in [-0.25, -0.2) is 13.1 Å². The van der Waals surface area contributed by atoms with Crippen molar-refractivity contribution < 1.29 is 26.3 Å². The van der Waals surface area contributed by atoms with Crippen molar-refractivity contribution in [2.75, 3.05) is 37.2 Å². The number of nitrogens with one attached hydrogen (secondary N) is 2. The Morgan fingerprint density at radius 2 is 1.96 bits per heavy atom. The maximum atomic E-state index is 12.1. The number of anilines is 1. The van der Waals surface area contributed by atoms with Gasteiger partial charge in [0, 0.05) is 31.4 Å². The van der Waals surface area contributed by atoms with Crippen LogP contribution in [0.15, 0.2) is 24.3 Å². The average molecular weight is 395 g/mol. The Kier molecular flexibility index (Phi) is 7.13. The molecule has 1 fully saturated rings. The fourth-order valence-electron chi connectivity index (χ4n) is 2.82. The van der Waals surface area contributed by atoms with Crippen molar-refractivity contribution in [3.05, 3.63) is 24.3 Å². The number of hydrogen-bond donors (Lipinski definition) is 2. The summed E-state index contributed by atoms with van der Waals surface area (Å²) in [5.41, 5.74) is 0.694.